The number of hydrogen-bond donors (Lipinski definition) is 2. The van der Waals surface area contributed by atoms with Crippen molar-refractivity contribution in [2.75, 3.05) is 20.1 Å². The minimum atomic E-state index is -1.02. The molecule has 0 aliphatic carbocycles. The van der Waals surface area contributed by atoms with Gasteiger partial charge in [0.1, 0.15) is 0 Å². The summed E-state index contributed by atoms with van der Waals surface area (Å²) in [7, 11) is 1.43. The fraction of sp³-hybridized carbons (Fsp3) is 0.600. The maximum atomic E-state index is 9.96. The molecular weight excluding hydrogens is 178 g/mol. The molecule has 0 atom stereocenters. The van der Waals surface area contributed by atoms with Crippen LogP contribution in [0.15, 0.2) is 0 Å². The zero-order chi connectivity index (χ0) is 8.15. The van der Waals surface area contributed by atoms with Crippen LogP contribution in [0.25, 0.3) is 0 Å². The molecule has 11 heavy (non-hydrogen) atoms. The number of carboxylic acid groups (broad SMARTS) is 2. The molecule has 0 aliphatic rings. The average Bonchev–Trinajstić information content (AvgIpc) is 1.58. The molecule has 2 N–H and O–H groups in total. The van der Waals surface area contributed by atoms with Gasteiger partial charge in [-0.2, -0.15) is 0 Å². The van der Waals surface area contributed by atoms with Crippen LogP contribution in [0.1, 0.15) is 0 Å². The van der Waals surface area contributed by atoms with Crippen LogP contribution >= 0.6 is 0 Å². The molecule has 0 rings (SSSR count). The van der Waals surface area contributed by atoms with Crippen molar-refractivity contribution >= 4 is 49.7 Å². The van der Waals surface area contributed by atoms with E-state index in [4.69, 9.17) is 10.2 Å². The van der Waals surface area contributed by atoms with Gasteiger partial charge < -0.3 is 10.2 Å². The molecule has 5 nitrogen and oxygen atoms in total. The molecule has 0 unspecified atom stereocenters. The molecule has 0 bridgehead atoms. The van der Waals surface area contributed by atoms with Crippen LogP contribution < -0.4 is 0 Å². The van der Waals surface area contributed by atoms with Gasteiger partial charge in [-0.1, -0.05) is 0 Å². The molecule has 0 fully saturated rings. The topological polar surface area (TPSA) is 77.8 Å². The van der Waals surface area contributed by atoms with E-state index in [0.29, 0.717) is 0 Å². The van der Waals surface area contributed by atoms with Crippen molar-refractivity contribution in [2.24, 2.45) is 0 Å². The minimum absolute atomic E-state index is 0. The molecule has 0 radical (unpaired) electrons. The number of aliphatic carboxylic acids is 2. The average molecular weight is 189 g/mol. The third kappa shape index (κ3) is 10.2. The summed E-state index contributed by atoms with van der Waals surface area (Å²) in [6.07, 6.45) is 0. The Labute approximate surface area is 94.0 Å². The molecule has 0 heterocycles. The van der Waals surface area contributed by atoms with E-state index in [9.17, 15) is 9.59 Å². The molecule has 0 amide bonds. The number of carboxylic acids is 2. The van der Waals surface area contributed by atoms with Crippen LogP contribution in [0.5, 0.6) is 0 Å². The van der Waals surface area contributed by atoms with Crippen molar-refractivity contribution < 1.29 is 19.8 Å². The summed E-state index contributed by atoms with van der Waals surface area (Å²) in [5, 5.41) is 16.3. The van der Waals surface area contributed by atoms with E-state index in [1.807, 2.05) is 0 Å². The molecule has 0 spiro atoms. The maximum absolute atomic E-state index is 9.96. The van der Waals surface area contributed by atoms with Gasteiger partial charge in [-0.15, -0.1) is 0 Å². The number of likely N-dealkylation sites (N-methyl/N-ethyl adjacent to an activating group) is 1. The third-order valence-electron chi connectivity index (χ3n) is 0.810. The van der Waals surface area contributed by atoms with Crippen molar-refractivity contribution in [3.8, 4) is 0 Å². The second-order valence-electron chi connectivity index (χ2n) is 1.96. The summed E-state index contributed by atoms with van der Waals surface area (Å²) < 4.78 is 0. The van der Waals surface area contributed by atoms with Gasteiger partial charge in [-0.3, -0.25) is 14.5 Å². The second-order valence-corrected chi connectivity index (χ2v) is 1.96. The van der Waals surface area contributed by atoms with Crippen molar-refractivity contribution in [3.63, 3.8) is 0 Å². The molecule has 0 aromatic carbocycles. The number of carbonyl (C=O) groups is 2. The van der Waals surface area contributed by atoms with Crippen LogP contribution in [-0.2, 0) is 9.59 Å². The zero-order valence-electron chi connectivity index (χ0n) is 5.57. The fourth-order valence-electron chi connectivity index (χ4n) is 0.518. The van der Waals surface area contributed by atoms with E-state index in [-0.39, 0.29) is 50.8 Å². The SMILES string of the molecule is CN(CC(=O)O)CC(=O)O.[CaH2]. The molecule has 0 saturated carbocycles. The molecule has 62 valence electrons. The first-order valence-electron chi connectivity index (χ1n) is 2.64. The summed E-state index contributed by atoms with van der Waals surface area (Å²) in [5.41, 5.74) is 0. The van der Waals surface area contributed by atoms with Crippen LogP contribution in [0, 0.1) is 0 Å². The van der Waals surface area contributed by atoms with E-state index >= 15 is 0 Å². The van der Waals surface area contributed by atoms with Gasteiger partial charge in [-0.05, 0) is 7.05 Å². The van der Waals surface area contributed by atoms with Crippen LogP contribution in [0.3, 0.4) is 0 Å². The molecule has 0 aliphatic heterocycles. The van der Waals surface area contributed by atoms with Crippen molar-refractivity contribution in [3.05, 3.63) is 0 Å². The van der Waals surface area contributed by atoms with Gasteiger partial charge in [0.05, 0.1) is 13.1 Å². The first kappa shape index (κ1) is 13.7. The fourth-order valence-corrected chi connectivity index (χ4v) is 0.518. The Kier molecular flexibility index (Phi) is 8.54. The molecule has 0 saturated heterocycles. The zero-order valence-corrected chi connectivity index (χ0v) is 5.57. The van der Waals surface area contributed by atoms with Crippen LogP contribution in [-0.4, -0.2) is 84.9 Å². The summed E-state index contributed by atoms with van der Waals surface area (Å²) >= 11 is 0. The monoisotopic (exact) mass is 189 g/mol. The van der Waals surface area contributed by atoms with Gasteiger partial charge in [0, 0.05) is 0 Å². The van der Waals surface area contributed by atoms with Crippen molar-refractivity contribution in [1.29, 1.82) is 0 Å². The van der Waals surface area contributed by atoms with E-state index in [0.717, 1.165) is 0 Å². The number of hydrogen-bond acceptors (Lipinski definition) is 3. The van der Waals surface area contributed by atoms with Gasteiger partial charge >= 0.3 is 49.7 Å². The predicted octanol–water partition coefficient (Wildman–Crippen LogP) is -1.83. The standard InChI is InChI=1S/C5H9NO4.Ca.2H/c1-6(2-4(7)8)3-5(9)10;;;/h2-3H2,1H3,(H,7,8)(H,9,10);;;. The first-order chi connectivity index (χ1) is 4.52. The Morgan fingerprint density at radius 1 is 1.18 bits per heavy atom. The van der Waals surface area contributed by atoms with Gasteiger partial charge in [-0.25, -0.2) is 0 Å². The van der Waals surface area contributed by atoms with Gasteiger partial charge in [0.25, 0.3) is 0 Å². The normalized spacial score (nSPS) is 8.91. The predicted molar refractivity (Wildman–Crippen MR) is 41.3 cm³/mol. The van der Waals surface area contributed by atoms with E-state index < -0.39 is 11.9 Å². The Bertz CT molecular complexity index is 133. The van der Waals surface area contributed by atoms with E-state index in [2.05, 4.69) is 0 Å². The van der Waals surface area contributed by atoms with Crippen LogP contribution in [0.4, 0.5) is 0 Å². The molecular formula is C5H11CaNO4. The Balaban J connectivity index is 0. The Morgan fingerprint density at radius 3 is 1.64 bits per heavy atom. The molecule has 0 aromatic rings. The van der Waals surface area contributed by atoms with Crippen LogP contribution in [0.2, 0.25) is 0 Å². The van der Waals surface area contributed by atoms with E-state index in [1.165, 1.54) is 11.9 Å². The number of rotatable bonds is 4. The third-order valence-corrected chi connectivity index (χ3v) is 0.810. The van der Waals surface area contributed by atoms with Crippen molar-refractivity contribution in [1.82, 2.24) is 4.90 Å². The summed E-state index contributed by atoms with van der Waals surface area (Å²) in [6.45, 7) is -0.488. The van der Waals surface area contributed by atoms with Crippen molar-refractivity contribution in [2.45, 2.75) is 0 Å². The molecule has 6 heteroatoms. The quantitative estimate of drug-likeness (QED) is 0.509. The second kappa shape index (κ2) is 6.84. The summed E-state index contributed by atoms with van der Waals surface area (Å²) in [5.74, 6) is -2.05. The summed E-state index contributed by atoms with van der Waals surface area (Å²) in [4.78, 5) is 21.1. The summed E-state index contributed by atoms with van der Waals surface area (Å²) in [6, 6.07) is 0. The molecule has 0 aromatic heterocycles. The Hall–Kier alpha value is 0.160. The van der Waals surface area contributed by atoms with Gasteiger partial charge in [0.2, 0.25) is 0 Å². The number of nitrogens with zero attached hydrogens (tertiary/aromatic N) is 1. The van der Waals surface area contributed by atoms with Gasteiger partial charge in [0.15, 0.2) is 0 Å². The first-order valence-corrected chi connectivity index (χ1v) is 2.64. The van der Waals surface area contributed by atoms with E-state index in [1.54, 1.807) is 0 Å². The Morgan fingerprint density at radius 2 is 1.45 bits per heavy atom.